The number of amides is 1. The number of nitrogens with one attached hydrogen (secondary N) is 1. The van der Waals surface area contributed by atoms with Crippen LogP contribution in [0.3, 0.4) is 0 Å². The molecule has 1 heterocycles. The first-order valence-corrected chi connectivity index (χ1v) is 6.91. The molecule has 1 aliphatic rings. The molecule has 0 aliphatic heterocycles. The summed E-state index contributed by atoms with van der Waals surface area (Å²) in [4.78, 5) is 11.3. The van der Waals surface area contributed by atoms with Gasteiger partial charge in [-0.25, -0.2) is 0 Å². The minimum atomic E-state index is -4.44. The van der Waals surface area contributed by atoms with Crippen LogP contribution in [0.1, 0.15) is 37.1 Å². The summed E-state index contributed by atoms with van der Waals surface area (Å²) in [6.45, 7) is 2.62. The minimum absolute atomic E-state index is 0.0428. The van der Waals surface area contributed by atoms with Crippen LogP contribution in [0.5, 0.6) is 0 Å². The lowest BCUT2D eigenvalue weighted by molar-refractivity contribution is -0.141. The number of halogens is 3. The number of hydrogen-bond acceptors (Lipinski definition) is 3. The van der Waals surface area contributed by atoms with Gasteiger partial charge in [-0.3, -0.25) is 9.48 Å². The van der Waals surface area contributed by atoms with Gasteiger partial charge in [0.15, 0.2) is 5.69 Å². The number of rotatable bonds is 7. The Morgan fingerprint density at radius 3 is 2.81 bits per heavy atom. The normalized spacial score (nSPS) is 15.2. The van der Waals surface area contributed by atoms with Gasteiger partial charge in [0.05, 0.1) is 6.54 Å². The van der Waals surface area contributed by atoms with Crippen molar-refractivity contribution in [1.82, 2.24) is 15.1 Å². The van der Waals surface area contributed by atoms with Crippen LogP contribution in [-0.4, -0.2) is 35.4 Å². The Balaban J connectivity index is 1.93. The number of hydrogen-bond donors (Lipinski definition) is 1. The third-order valence-corrected chi connectivity index (χ3v) is 3.18. The molecule has 0 unspecified atom stereocenters. The summed E-state index contributed by atoms with van der Waals surface area (Å²) >= 11 is 0. The monoisotopic (exact) mass is 305 g/mol. The minimum Gasteiger partial charge on any atom is -0.372 e. The largest absolute Gasteiger partial charge is 0.435 e. The fourth-order valence-corrected chi connectivity index (χ4v) is 2.00. The molecule has 2 rings (SSSR count). The van der Waals surface area contributed by atoms with Gasteiger partial charge in [-0.15, -0.1) is 0 Å². The zero-order chi connectivity index (χ0) is 15.5. The van der Waals surface area contributed by atoms with Crippen LogP contribution in [0, 0.1) is 0 Å². The summed E-state index contributed by atoms with van der Waals surface area (Å²) < 4.78 is 44.4. The summed E-state index contributed by atoms with van der Waals surface area (Å²) in [5, 5.41) is 6.21. The van der Waals surface area contributed by atoms with Crippen molar-refractivity contribution in [1.29, 1.82) is 0 Å². The molecule has 1 saturated carbocycles. The lowest BCUT2D eigenvalue weighted by atomic mass is 10.2. The molecule has 0 radical (unpaired) electrons. The maximum Gasteiger partial charge on any atom is 0.435 e. The van der Waals surface area contributed by atoms with Crippen molar-refractivity contribution in [3.63, 3.8) is 0 Å². The van der Waals surface area contributed by atoms with E-state index in [1.165, 1.54) is 4.68 Å². The van der Waals surface area contributed by atoms with E-state index in [4.69, 9.17) is 4.74 Å². The lowest BCUT2D eigenvalue weighted by Gasteiger charge is -2.08. The van der Waals surface area contributed by atoms with E-state index in [-0.39, 0.29) is 31.5 Å². The first-order valence-electron chi connectivity index (χ1n) is 6.91. The van der Waals surface area contributed by atoms with Gasteiger partial charge in [0.1, 0.15) is 6.61 Å². The number of carbonyl (C=O) groups is 1. The number of alkyl halides is 3. The Bertz CT molecular complexity index is 495. The highest BCUT2D eigenvalue weighted by molar-refractivity contribution is 5.77. The number of carbonyl (C=O) groups excluding carboxylic acids is 1. The first-order chi connectivity index (χ1) is 9.91. The summed E-state index contributed by atoms with van der Waals surface area (Å²) in [7, 11) is 0. The molecular weight excluding hydrogens is 287 g/mol. The molecule has 1 aromatic rings. The molecule has 0 atom stereocenters. The fourth-order valence-electron chi connectivity index (χ4n) is 2.00. The molecule has 118 valence electrons. The molecule has 1 amide bonds. The SMILES string of the molecule is CCOCC(=O)NCCn1nc(C(F)(F)F)cc1C1CC1. The van der Waals surface area contributed by atoms with Gasteiger partial charge in [0, 0.05) is 24.8 Å². The van der Waals surface area contributed by atoms with Crippen molar-refractivity contribution < 1.29 is 22.7 Å². The van der Waals surface area contributed by atoms with E-state index in [9.17, 15) is 18.0 Å². The van der Waals surface area contributed by atoms with Crippen molar-refractivity contribution in [3.8, 4) is 0 Å². The quantitative estimate of drug-likeness (QED) is 0.837. The van der Waals surface area contributed by atoms with Gasteiger partial charge >= 0.3 is 6.18 Å². The average Bonchev–Trinajstić information content (AvgIpc) is 3.16. The number of aromatic nitrogens is 2. The maximum atomic E-state index is 12.7. The van der Waals surface area contributed by atoms with Crippen LogP contribution < -0.4 is 5.32 Å². The first kappa shape index (κ1) is 15.8. The molecular formula is C13H18F3N3O2. The molecule has 0 bridgehead atoms. The van der Waals surface area contributed by atoms with Gasteiger partial charge < -0.3 is 10.1 Å². The second-order valence-corrected chi connectivity index (χ2v) is 4.94. The summed E-state index contributed by atoms with van der Waals surface area (Å²) in [6, 6.07) is 1.11. The standard InChI is InChI=1S/C13H18F3N3O2/c1-2-21-8-12(20)17-5-6-19-10(9-3-4-9)7-11(18-19)13(14,15)16/h7,9H,2-6,8H2,1H3,(H,17,20). The zero-order valence-corrected chi connectivity index (χ0v) is 11.7. The van der Waals surface area contributed by atoms with Gasteiger partial charge in [0.2, 0.25) is 5.91 Å². The molecule has 1 aromatic heterocycles. The molecule has 8 heteroatoms. The maximum absolute atomic E-state index is 12.7. The van der Waals surface area contributed by atoms with Crippen LogP contribution in [-0.2, 0) is 22.3 Å². The Kier molecular flexibility index (Phi) is 4.87. The second kappa shape index (κ2) is 6.46. The van der Waals surface area contributed by atoms with Crippen molar-refractivity contribution in [3.05, 3.63) is 17.5 Å². The highest BCUT2D eigenvalue weighted by atomic mass is 19.4. The van der Waals surface area contributed by atoms with Crippen molar-refractivity contribution >= 4 is 5.91 Å². The zero-order valence-electron chi connectivity index (χ0n) is 11.7. The van der Waals surface area contributed by atoms with Crippen LogP contribution in [0.2, 0.25) is 0 Å². The highest BCUT2D eigenvalue weighted by Crippen LogP contribution is 2.41. The number of nitrogens with zero attached hydrogens (tertiary/aromatic N) is 2. The molecule has 1 fully saturated rings. The van der Waals surface area contributed by atoms with Gasteiger partial charge in [-0.05, 0) is 25.8 Å². The molecule has 0 spiro atoms. The topological polar surface area (TPSA) is 56.1 Å². The lowest BCUT2D eigenvalue weighted by Crippen LogP contribution is -2.31. The van der Waals surface area contributed by atoms with E-state index in [0.29, 0.717) is 12.3 Å². The van der Waals surface area contributed by atoms with E-state index in [0.717, 1.165) is 18.9 Å². The van der Waals surface area contributed by atoms with Gasteiger partial charge in [-0.1, -0.05) is 0 Å². The second-order valence-electron chi connectivity index (χ2n) is 4.94. The van der Waals surface area contributed by atoms with Gasteiger partial charge in [-0.2, -0.15) is 18.3 Å². The van der Waals surface area contributed by atoms with E-state index in [1.807, 2.05) is 0 Å². The fraction of sp³-hybridized carbons (Fsp3) is 0.692. The highest BCUT2D eigenvalue weighted by Gasteiger charge is 2.37. The van der Waals surface area contributed by atoms with E-state index in [1.54, 1.807) is 6.92 Å². The third-order valence-electron chi connectivity index (χ3n) is 3.18. The predicted molar refractivity (Wildman–Crippen MR) is 68.7 cm³/mol. The Labute approximate surface area is 120 Å². The Morgan fingerprint density at radius 2 is 2.24 bits per heavy atom. The van der Waals surface area contributed by atoms with E-state index in [2.05, 4.69) is 10.4 Å². The third kappa shape index (κ3) is 4.45. The average molecular weight is 305 g/mol. The molecule has 1 aliphatic carbocycles. The molecule has 21 heavy (non-hydrogen) atoms. The van der Waals surface area contributed by atoms with Crippen LogP contribution in [0.4, 0.5) is 13.2 Å². The van der Waals surface area contributed by atoms with Crippen LogP contribution in [0.15, 0.2) is 6.07 Å². The van der Waals surface area contributed by atoms with Crippen molar-refractivity contribution in [2.75, 3.05) is 19.8 Å². The van der Waals surface area contributed by atoms with Crippen LogP contribution >= 0.6 is 0 Å². The molecule has 0 saturated heterocycles. The molecule has 1 N–H and O–H groups in total. The molecule has 0 aromatic carbocycles. The number of ether oxygens (including phenoxy) is 1. The van der Waals surface area contributed by atoms with Crippen molar-refractivity contribution in [2.45, 2.75) is 38.4 Å². The molecule has 5 nitrogen and oxygen atoms in total. The summed E-state index contributed by atoms with van der Waals surface area (Å²) in [5.41, 5.74) is -0.272. The summed E-state index contributed by atoms with van der Waals surface area (Å²) in [6.07, 6.45) is -2.66. The van der Waals surface area contributed by atoms with Crippen LogP contribution in [0.25, 0.3) is 0 Å². The predicted octanol–water partition coefficient (Wildman–Crippen LogP) is 1.93. The summed E-state index contributed by atoms with van der Waals surface area (Å²) in [5.74, 6) is -0.124. The van der Waals surface area contributed by atoms with E-state index >= 15 is 0 Å². The Morgan fingerprint density at radius 1 is 1.52 bits per heavy atom. The van der Waals surface area contributed by atoms with Gasteiger partial charge in [0.25, 0.3) is 0 Å². The van der Waals surface area contributed by atoms with E-state index < -0.39 is 11.9 Å². The smallest absolute Gasteiger partial charge is 0.372 e. The Hall–Kier alpha value is -1.57. The van der Waals surface area contributed by atoms with Crippen molar-refractivity contribution in [2.24, 2.45) is 0 Å².